The van der Waals surface area contributed by atoms with E-state index in [9.17, 15) is 18.0 Å². The number of anilines is 1. The van der Waals surface area contributed by atoms with Crippen molar-refractivity contribution in [2.24, 2.45) is 5.73 Å². The summed E-state index contributed by atoms with van der Waals surface area (Å²) in [5.41, 5.74) is 11.6. The fourth-order valence-electron chi connectivity index (χ4n) is 2.35. The van der Waals surface area contributed by atoms with Crippen LogP contribution in [0.3, 0.4) is 0 Å². The van der Waals surface area contributed by atoms with Crippen molar-refractivity contribution in [3.63, 3.8) is 0 Å². The van der Waals surface area contributed by atoms with Gasteiger partial charge in [-0.3, -0.25) is 4.79 Å². The minimum atomic E-state index is -3.91. The first-order chi connectivity index (χ1) is 13.7. The highest BCUT2D eigenvalue weighted by Gasteiger charge is 2.23. The number of sulfonamides is 1. The quantitative estimate of drug-likeness (QED) is 0.223. The molecule has 0 unspecified atom stereocenters. The molecule has 2 aromatic rings. The molecule has 5 N–H and O–H groups in total. The van der Waals surface area contributed by atoms with Crippen LogP contribution >= 0.6 is 12.4 Å². The molecular weight excluding hydrogens is 434 g/mol. The Bertz CT molecular complexity index is 969. The van der Waals surface area contributed by atoms with E-state index in [1.54, 1.807) is 30.3 Å². The van der Waals surface area contributed by atoms with Crippen LogP contribution in [0.2, 0.25) is 0 Å². The fraction of sp³-hybridized carbons (Fsp3) is 0.263. The molecule has 9 nitrogen and oxygen atoms in total. The number of para-hydroxylation sites is 1. The van der Waals surface area contributed by atoms with Crippen LogP contribution in [-0.2, 0) is 19.6 Å². The summed E-state index contributed by atoms with van der Waals surface area (Å²) < 4.78 is 36.7. The molecule has 0 aliphatic rings. The van der Waals surface area contributed by atoms with Crippen LogP contribution in [0.15, 0.2) is 53.4 Å². The Morgan fingerprint density at radius 2 is 1.77 bits per heavy atom. The first kappa shape index (κ1) is 25.4. The Kier molecular flexibility index (Phi) is 9.73. The zero-order chi connectivity index (χ0) is 21.4. The molecule has 2 rings (SSSR count). The molecule has 0 aromatic heterocycles. The number of nitrogen functional groups attached to an aromatic ring is 1. The number of nitrogens with one attached hydrogen (secondary N) is 1. The van der Waals surface area contributed by atoms with Gasteiger partial charge >= 0.3 is 11.9 Å². The maximum atomic E-state index is 12.2. The van der Waals surface area contributed by atoms with Gasteiger partial charge in [-0.15, -0.1) is 12.4 Å². The maximum absolute atomic E-state index is 12.2. The topological polar surface area (TPSA) is 151 Å². The smallest absolute Gasteiger partial charge is 0.348 e. The molecule has 1 atom stereocenters. The van der Waals surface area contributed by atoms with Gasteiger partial charge in [-0.2, -0.15) is 4.72 Å². The molecule has 0 radical (unpaired) electrons. The van der Waals surface area contributed by atoms with Crippen molar-refractivity contribution in [3.05, 3.63) is 54.1 Å². The lowest BCUT2D eigenvalue weighted by Crippen LogP contribution is -2.43. The molecular formula is C19H24ClN3O6S. The summed E-state index contributed by atoms with van der Waals surface area (Å²) in [5, 5.41) is 0. The second kappa shape index (κ2) is 11.5. The number of hydrogen-bond donors (Lipinski definition) is 3. The van der Waals surface area contributed by atoms with Crippen molar-refractivity contribution < 1.29 is 27.5 Å². The third-order valence-corrected chi connectivity index (χ3v) is 5.21. The van der Waals surface area contributed by atoms with E-state index < -0.39 is 34.5 Å². The number of ether oxygens (including phenoxy) is 2. The van der Waals surface area contributed by atoms with Crippen LogP contribution in [0.4, 0.5) is 5.69 Å². The van der Waals surface area contributed by atoms with Crippen LogP contribution in [0, 0.1) is 0 Å². The number of hydrogen-bond acceptors (Lipinski definition) is 8. The highest BCUT2D eigenvalue weighted by molar-refractivity contribution is 7.89. The summed E-state index contributed by atoms with van der Waals surface area (Å²) in [6.45, 7) is 2.33. The minimum absolute atomic E-state index is 0. The monoisotopic (exact) mass is 457 g/mol. The van der Waals surface area contributed by atoms with Crippen molar-refractivity contribution in [2.75, 3.05) is 12.3 Å². The summed E-state index contributed by atoms with van der Waals surface area (Å²) >= 11 is 0. The zero-order valence-corrected chi connectivity index (χ0v) is 17.9. The van der Waals surface area contributed by atoms with Gasteiger partial charge in [-0.25, -0.2) is 13.2 Å². The molecule has 0 amide bonds. The van der Waals surface area contributed by atoms with E-state index in [1.165, 1.54) is 18.2 Å². The average Bonchev–Trinajstić information content (AvgIpc) is 2.67. The van der Waals surface area contributed by atoms with E-state index in [4.69, 9.17) is 20.9 Å². The van der Waals surface area contributed by atoms with Crippen LogP contribution in [0.5, 0.6) is 5.75 Å². The van der Waals surface area contributed by atoms with Gasteiger partial charge < -0.3 is 20.9 Å². The van der Waals surface area contributed by atoms with Gasteiger partial charge in [0, 0.05) is 0 Å². The van der Waals surface area contributed by atoms with Crippen LogP contribution in [0.1, 0.15) is 30.1 Å². The molecule has 0 heterocycles. The summed E-state index contributed by atoms with van der Waals surface area (Å²) in [5.74, 6) is -1.67. The molecule has 0 saturated heterocycles. The number of rotatable bonds is 9. The van der Waals surface area contributed by atoms with E-state index in [2.05, 4.69) is 4.72 Å². The Morgan fingerprint density at radius 3 is 2.40 bits per heavy atom. The minimum Gasteiger partial charge on any atom is -0.491 e. The Labute approximate surface area is 181 Å². The van der Waals surface area contributed by atoms with E-state index in [0.717, 1.165) is 6.42 Å². The maximum Gasteiger partial charge on any atom is 0.348 e. The highest BCUT2D eigenvalue weighted by atomic mass is 35.5. The van der Waals surface area contributed by atoms with Gasteiger partial charge in [0.2, 0.25) is 10.0 Å². The number of carbonyl (C=O) groups excluding carboxylic acids is 2. The first-order valence-corrected chi connectivity index (χ1v) is 10.3. The summed E-state index contributed by atoms with van der Waals surface area (Å²) in [4.78, 5) is 24.2. The molecule has 0 saturated carbocycles. The lowest BCUT2D eigenvalue weighted by molar-refractivity contribution is -0.138. The second-order valence-corrected chi connectivity index (χ2v) is 7.79. The first-order valence-electron chi connectivity index (χ1n) is 8.84. The van der Waals surface area contributed by atoms with Gasteiger partial charge in [0.15, 0.2) is 0 Å². The van der Waals surface area contributed by atoms with Crippen molar-refractivity contribution in [1.82, 2.24) is 4.72 Å². The molecule has 11 heteroatoms. The van der Waals surface area contributed by atoms with Gasteiger partial charge in [0.05, 0.1) is 35.3 Å². The zero-order valence-electron chi connectivity index (χ0n) is 16.2. The molecule has 0 spiro atoms. The Balaban J connectivity index is 0.00000450. The SMILES string of the molecule is CCCOc1cccc(C(=O)OC(=O)C[C@@H](N)NS(=O)(=O)c2ccccc2)c1N.Cl. The van der Waals surface area contributed by atoms with Crippen LogP contribution in [-0.4, -0.2) is 33.1 Å². The normalized spacial score (nSPS) is 11.8. The van der Waals surface area contributed by atoms with Crippen molar-refractivity contribution >= 4 is 40.1 Å². The summed E-state index contributed by atoms with van der Waals surface area (Å²) in [6.07, 6.45) is -1.08. The highest BCUT2D eigenvalue weighted by Crippen LogP contribution is 2.26. The van der Waals surface area contributed by atoms with Crippen molar-refractivity contribution in [2.45, 2.75) is 30.8 Å². The van der Waals surface area contributed by atoms with Gasteiger partial charge in [0.25, 0.3) is 0 Å². The number of halogens is 1. The number of benzene rings is 2. The molecule has 0 fully saturated rings. The Morgan fingerprint density at radius 1 is 1.10 bits per heavy atom. The molecule has 0 aliphatic heterocycles. The van der Waals surface area contributed by atoms with Gasteiger partial charge in [-0.1, -0.05) is 31.2 Å². The third-order valence-electron chi connectivity index (χ3n) is 3.70. The van der Waals surface area contributed by atoms with Crippen molar-refractivity contribution in [3.8, 4) is 5.75 Å². The predicted octanol–water partition coefficient (Wildman–Crippen LogP) is 1.82. The lowest BCUT2D eigenvalue weighted by atomic mass is 10.1. The van der Waals surface area contributed by atoms with Gasteiger partial charge in [-0.05, 0) is 30.7 Å². The number of nitrogens with two attached hydrogens (primary N) is 2. The van der Waals surface area contributed by atoms with E-state index in [1.807, 2.05) is 6.92 Å². The molecule has 30 heavy (non-hydrogen) atoms. The fourth-order valence-corrected chi connectivity index (χ4v) is 3.48. The van der Waals surface area contributed by atoms with Crippen LogP contribution < -0.4 is 20.9 Å². The summed E-state index contributed by atoms with van der Waals surface area (Å²) in [7, 11) is -3.91. The van der Waals surface area contributed by atoms with E-state index in [0.29, 0.717) is 12.4 Å². The van der Waals surface area contributed by atoms with E-state index >= 15 is 0 Å². The average molecular weight is 458 g/mol. The lowest BCUT2D eigenvalue weighted by Gasteiger charge is -2.14. The van der Waals surface area contributed by atoms with Gasteiger partial charge in [0.1, 0.15) is 5.75 Å². The third kappa shape index (κ3) is 6.99. The van der Waals surface area contributed by atoms with E-state index in [-0.39, 0.29) is 28.6 Å². The molecule has 164 valence electrons. The van der Waals surface area contributed by atoms with Crippen molar-refractivity contribution in [1.29, 1.82) is 0 Å². The molecule has 0 aliphatic carbocycles. The summed E-state index contributed by atoms with van der Waals surface area (Å²) in [6, 6.07) is 12.1. The van der Waals surface area contributed by atoms with Crippen LogP contribution in [0.25, 0.3) is 0 Å². The Hall–Kier alpha value is -2.66. The largest absolute Gasteiger partial charge is 0.491 e. The predicted molar refractivity (Wildman–Crippen MR) is 114 cm³/mol. The number of carbonyl (C=O) groups is 2. The molecule has 0 bridgehead atoms. The standard InChI is InChI=1S/C19H23N3O6S.ClH/c1-2-11-27-15-10-6-9-14(18(15)21)19(24)28-17(23)12-16(20)22-29(25,26)13-7-4-3-5-8-13;/h3-10,16,22H,2,11-12,20-21H2,1H3;1H/t16-;/m0./s1. The number of esters is 2. The second-order valence-electron chi connectivity index (χ2n) is 6.07. The molecule has 2 aromatic carbocycles.